The third kappa shape index (κ3) is 4.61. The summed E-state index contributed by atoms with van der Waals surface area (Å²) in [6.45, 7) is 6.13. The van der Waals surface area contributed by atoms with Crippen LogP contribution in [0.4, 0.5) is 5.82 Å². The maximum Gasteiger partial charge on any atom is 0.256 e. The standard InChI is InChI=1S/C19H23N7O2/c1-13-14(2)22-12-26(19(13)28)11-18(27)21-7-6-20-16-10-17(24-15(3)23-16)25-8-4-5-9-25/h4-5,8-10,12H,6-7,11H2,1-3H3,(H,21,27)(H,20,23,24). The molecule has 0 saturated carbocycles. The second-order valence-electron chi connectivity index (χ2n) is 6.41. The first kappa shape index (κ1) is 19.3. The van der Waals surface area contributed by atoms with Crippen LogP contribution in [0, 0.1) is 20.8 Å². The first-order valence-corrected chi connectivity index (χ1v) is 8.96. The highest BCUT2D eigenvalue weighted by Gasteiger charge is 2.08. The monoisotopic (exact) mass is 381 g/mol. The molecular weight excluding hydrogens is 358 g/mol. The van der Waals surface area contributed by atoms with E-state index in [0.29, 0.717) is 36.0 Å². The molecule has 0 aliphatic carbocycles. The summed E-state index contributed by atoms with van der Waals surface area (Å²) in [5.41, 5.74) is 1.02. The molecule has 28 heavy (non-hydrogen) atoms. The van der Waals surface area contributed by atoms with Gasteiger partial charge in [-0.1, -0.05) is 0 Å². The molecule has 2 N–H and O–H groups in total. The minimum Gasteiger partial charge on any atom is -0.368 e. The zero-order chi connectivity index (χ0) is 20.1. The largest absolute Gasteiger partial charge is 0.368 e. The summed E-state index contributed by atoms with van der Waals surface area (Å²) in [5.74, 6) is 1.85. The number of hydrogen-bond donors (Lipinski definition) is 2. The van der Waals surface area contributed by atoms with Gasteiger partial charge in [-0.05, 0) is 32.9 Å². The van der Waals surface area contributed by atoms with Crippen LogP contribution >= 0.6 is 0 Å². The molecule has 1 amide bonds. The van der Waals surface area contributed by atoms with E-state index in [2.05, 4.69) is 25.6 Å². The van der Waals surface area contributed by atoms with Crippen molar-refractivity contribution in [1.82, 2.24) is 29.4 Å². The molecule has 146 valence electrons. The molecule has 0 aliphatic rings. The normalized spacial score (nSPS) is 10.7. The number of amides is 1. The van der Waals surface area contributed by atoms with Gasteiger partial charge in [0.05, 0.1) is 6.33 Å². The number of aromatic nitrogens is 5. The van der Waals surface area contributed by atoms with Crippen LogP contribution in [0.3, 0.4) is 0 Å². The van der Waals surface area contributed by atoms with Crippen LogP contribution in [0.5, 0.6) is 0 Å². The predicted octanol–water partition coefficient (Wildman–Crippen LogP) is 0.978. The summed E-state index contributed by atoms with van der Waals surface area (Å²) in [6, 6.07) is 5.70. The molecule has 9 heteroatoms. The molecule has 3 aromatic rings. The summed E-state index contributed by atoms with van der Waals surface area (Å²) < 4.78 is 3.21. The third-order valence-corrected chi connectivity index (χ3v) is 4.28. The maximum atomic E-state index is 12.1. The predicted molar refractivity (Wildman–Crippen MR) is 106 cm³/mol. The molecule has 0 unspecified atom stereocenters. The van der Waals surface area contributed by atoms with Gasteiger partial charge in [-0.3, -0.25) is 14.2 Å². The molecule has 0 radical (unpaired) electrons. The molecule has 0 aliphatic heterocycles. The Morgan fingerprint density at radius 1 is 1.11 bits per heavy atom. The molecule has 3 aromatic heterocycles. The van der Waals surface area contributed by atoms with E-state index < -0.39 is 0 Å². The van der Waals surface area contributed by atoms with Gasteiger partial charge in [0.1, 0.15) is 24.0 Å². The van der Waals surface area contributed by atoms with Crippen LogP contribution in [-0.4, -0.2) is 43.1 Å². The summed E-state index contributed by atoms with van der Waals surface area (Å²) >= 11 is 0. The topological polar surface area (TPSA) is 107 Å². The van der Waals surface area contributed by atoms with E-state index in [4.69, 9.17) is 0 Å². The Morgan fingerprint density at radius 3 is 2.61 bits per heavy atom. The summed E-state index contributed by atoms with van der Waals surface area (Å²) in [7, 11) is 0. The van der Waals surface area contributed by atoms with Gasteiger partial charge in [0.2, 0.25) is 5.91 Å². The highest BCUT2D eigenvalue weighted by Crippen LogP contribution is 2.10. The number of anilines is 1. The van der Waals surface area contributed by atoms with Crippen molar-refractivity contribution in [3.05, 3.63) is 64.4 Å². The van der Waals surface area contributed by atoms with E-state index in [-0.39, 0.29) is 18.0 Å². The fraction of sp³-hybridized carbons (Fsp3) is 0.316. The Balaban J connectivity index is 1.51. The van der Waals surface area contributed by atoms with Crippen molar-refractivity contribution in [3.63, 3.8) is 0 Å². The fourth-order valence-electron chi connectivity index (χ4n) is 2.65. The second kappa shape index (κ2) is 8.47. The highest BCUT2D eigenvalue weighted by molar-refractivity contribution is 5.75. The van der Waals surface area contributed by atoms with Crippen molar-refractivity contribution < 1.29 is 4.79 Å². The van der Waals surface area contributed by atoms with Crippen molar-refractivity contribution in [2.75, 3.05) is 18.4 Å². The first-order valence-electron chi connectivity index (χ1n) is 8.96. The number of nitrogens with one attached hydrogen (secondary N) is 2. The summed E-state index contributed by atoms with van der Waals surface area (Å²) in [5, 5.41) is 5.96. The fourth-order valence-corrected chi connectivity index (χ4v) is 2.65. The molecule has 9 nitrogen and oxygen atoms in total. The Morgan fingerprint density at radius 2 is 1.86 bits per heavy atom. The van der Waals surface area contributed by atoms with E-state index in [0.717, 1.165) is 5.82 Å². The summed E-state index contributed by atoms with van der Waals surface area (Å²) in [4.78, 5) is 37.1. The van der Waals surface area contributed by atoms with E-state index in [1.807, 2.05) is 42.1 Å². The lowest BCUT2D eigenvalue weighted by Gasteiger charge is -2.11. The Bertz CT molecular complexity index is 1030. The number of hydrogen-bond acceptors (Lipinski definition) is 6. The molecule has 0 atom stereocenters. The van der Waals surface area contributed by atoms with Crippen LogP contribution < -0.4 is 16.2 Å². The lowest BCUT2D eigenvalue weighted by molar-refractivity contribution is -0.121. The number of carbonyl (C=O) groups is 1. The number of nitrogens with zero attached hydrogens (tertiary/aromatic N) is 5. The Labute approximate surface area is 162 Å². The Kier molecular flexibility index (Phi) is 5.83. The third-order valence-electron chi connectivity index (χ3n) is 4.28. The van der Waals surface area contributed by atoms with Crippen LogP contribution in [0.25, 0.3) is 5.82 Å². The molecule has 0 spiro atoms. The minimum absolute atomic E-state index is 0.0582. The molecule has 3 rings (SSSR count). The Hall–Kier alpha value is -3.49. The van der Waals surface area contributed by atoms with Crippen molar-refractivity contribution in [3.8, 4) is 5.82 Å². The van der Waals surface area contributed by atoms with Crippen molar-refractivity contribution in [2.24, 2.45) is 0 Å². The number of rotatable bonds is 7. The first-order chi connectivity index (χ1) is 13.4. The van der Waals surface area contributed by atoms with E-state index in [1.165, 1.54) is 10.9 Å². The van der Waals surface area contributed by atoms with E-state index in [9.17, 15) is 9.59 Å². The van der Waals surface area contributed by atoms with E-state index in [1.54, 1.807) is 13.8 Å². The van der Waals surface area contributed by atoms with Gasteiger partial charge in [0.15, 0.2) is 0 Å². The zero-order valence-electron chi connectivity index (χ0n) is 16.1. The average molecular weight is 381 g/mol. The molecule has 0 fully saturated rings. The molecular formula is C19H23N7O2. The molecule has 0 bridgehead atoms. The van der Waals surface area contributed by atoms with Crippen molar-refractivity contribution in [1.29, 1.82) is 0 Å². The van der Waals surface area contributed by atoms with Gasteiger partial charge >= 0.3 is 0 Å². The minimum atomic E-state index is -0.249. The number of aryl methyl sites for hydroxylation is 2. The molecule has 0 aromatic carbocycles. The van der Waals surface area contributed by atoms with Crippen LogP contribution in [0.2, 0.25) is 0 Å². The van der Waals surface area contributed by atoms with Gasteiger partial charge in [0, 0.05) is 42.8 Å². The van der Waals surface area contributed by atoms with Gasteiger partial charge in [-0.15, -0.1) is 0 Å². The number of carbonyl (C=O) groups excluding carboxylic acids is 1. The van der Waals surface area contributed by atoms with Crippen LogP contribution in [0.15, 0.2) is 41.7 Å². The zero-order valence-corrected chi connectivity index (χ0v) is 16.1. The average Bonchev–Trinajstić information content (AvgIpc) is 3.20. The smallest absolute Gasteiger partial charge is 0.256 e. The molecule has 0 saturated heterocycles. The van der Waals surface area contributed by atoms with Crippen molar-refractivity contribution >= 4 is 11.7 Å². The highest BCUT2D eigenvalue weighted by atomic mass is 16.2. The van der Waals surface area contributed by atoms with Crippen LogP contribution in [0.1, 0.15) is 17.1 Å². The van der Waals surface area contributed by atoms with Crippen LogP contribution in [-0.2, 0) is 11.3 Å². The molecule has 3 heterocycles. The summed E-state index contributed by atoms with van der Waals surface area (Å²) in [6.07, 6.45) is 5.22. The lowest BCUT2D eigenvalue weighted by Crippen LogP contribution is -2.35. The van der Waals surface area contributed by atoms with Gasteiger partial charge in [-0.2, -0.15) is 0 Å². The lowest BCUT2D eigenvalue weighted by atomic mass is 10.3. The second-order valence-corrected chi connectivity index (χ2v) is 6.41. The van der Waals surface area contributed by atoms with Gasteiger partial charge in [0.25, 0.3) is 5.56 Å². The SMILES string of the molecule is Cc1nc(NCCNC(=O)Cn2cnc(C)c(C)c2=O)cc(-n2cccc2)n1. The maximum absolute atomic E-state index is 12.1. The van der Waals surface area contributed by atoms with Crippen molar-refractivity contribution in [2.45, 2.75) is 27.3 Å². The van der Waals surface area contributed by atoms with Gasteiger partial charge < -0.3 is 15.2 Å². The van der Waals surface area contributed by atoms with Gasteiger partial charge in [-0.25, -0.2) is 15.0 Å². The van der Waals surface area contributed by atoms with E-state index >= 15 is 0 Å². The quantitative estimate of drug-likeness (QED) is 0.591.